The van der Waals surface area contributed by atoms with Gasteiger partial charge in [0.25, 0.3) is 11.6 Å². The summed E-state index contributed by atoms with van der Waals surface area (Å²) in [5.41, 5.74) is 0.238. The molecular weight excluding hydrogens is 338 g/mol. The van der Waals surface area contributed by atoms with Gasteiger partial charge in [-0.15, -0.1) is 0 Å². The van der Waals surface area contributed by atoms with Crippen molar-refractivity contribution in [2.45, 2.75) is 38.6 Å². The van der Waals surface area contributed by atoms with Crippen LogP contribution in [0.25, 0.3) is 0 Å². The van der Waals surface area contributed by atoms with Gasteiger partial charge in [0.2, 0.25) is 0 Å². The van der Waals surface area contributed by atoms with E-state index in [-0.39, 0.29) is 23.2 Å². The fourth-order valence-electron chi connectivity index (χ4n) is 3.17. The molecule has 1 fully saturated rings. The fraction of sp³-hybridized carbons (Fsp3) is 0.556. The second kappa shape index (κ2) is 8.64. The zero-order valence-corrected chi connectivity index (χ0v) is 15.4. The highest BCUT2D eigenvalue weighted by Crippen LogP contribution is 2.28. The molecule has 1 aliphatic rings. The van der Waals surface area contributed by atoms with Crippen LogP contribution in [0.5, 0.6) is 0 Å². The van der Waals surface area contributed by atoms with Crippen LogP contribution in [0.2, 0.25) is 0 Å². The van der Waals surface area contributed by atoms with Crippen LogP contribution < -0.4 is 10.2 Å². The van der Waals surface area contributed by atoms with Gasteiger partial charge in [-0.05, 0) is 30.9 Å². The quantitative estimate of drug-likeness (QED) is 0.473. The summed E-state index contributed by atoms with van der Waals surface area (Å²) in [6, 6.07) is 4.21. The van der Waals surface area contributed by atoms with Gasteiger partial charge in [0.15, 0.2) is 6.61 Å². The molecule has 0 aliphatic heterocycles. The lowest BCUT2D eigenvalue weighted by Crippen LogP contribution is -2.42. The highest BCUT2D eigenvalue weighted by molar-refractivity contribution is 5.93. The number of carbonyl (C=O) groups excluding carboxylic acids is 2. The van der Waals surface area contributed by atoms with Crippen LogP contribution in [0.15, 0.2) is 18.2 Å². The number of rotatable bonds is 6. The van der Waals surface area contributed by atoms with Crippen molar-refractivity contribution in [1.29, 1.82) is 0 Å². The lowest BCUT2D eigenvalue weighted by atomic mass is 9.86. The van der Waals surface area contributed by atoms with Gasteiger partial charge in [-0.2, -0.15) is 0 Å². The first-order valence-corrected chi connectivity index (χ1v) is 8.72. The molecular formula is C18H25N3O5. The van der Waals surface area contributed by atoms with Crippen molar-refractivity contribution in [3.63, 3.8) is 0 Å². The molecule has 8 heteroatoms. The van der Waals surface area contributed by atoms with E-state index >= 15 is 0 Å². The van der Waals surface area contributed by atoms with E-state index in [0.29, 0.717) is 11.6 Å². The van der Waals surface area contributed by atoms with Crippen LogP contribution in [0.3, 0.4) is 0 Å². The molecule has 1 aliphatic carbocycles. The molecule has 1 aromatic rings. The third kappa shape index (κ3) is 4.93. The maximum atomic E-state index is 12.1. The molecule has 1 saturated carbocycles. The van der Waals surface area contributed by atoms with Crippen molar-refractivity contribution < 1.29 is 19.2 Å². The summed E-state index contributed by atoms with van der Waals surface area (Å²) in [5.74, 6) is -0.702. The molecule has 0 unspecified atom stereocenters. The van der Waals surface area contributed by atoms with Gasteiger partial charge in [0, 0.05) is 26.2 Å². The molecule has 8 nitrogen and oxygen atoms in total. The standard InChI is InChI=1S/C18H25N3O5/c1-12-6-4-5-7-14(12)19-17(22)11-26-18(23)13-8-9-15(20(2)3)16(10-13)21(24)25/h8-10,12,14H,4-7,11H2,1-3H3,(H,19,22)/t12-,14-/m0/s1. The number of benzene rings is 1. The van der Waals surface area contributed by atoms with E-state index in [1.807, 2.05) is 0 Å². The number of ether oxygens (including phenoxy) is 1. The highest BCUT2D eigenvalue weighted by atomic mass is 16.6. The minimum Gasteiger partial charge on any atom is -0.452 e. The molecule has 1 N–H and O–H groups in total. The highest BCUT2D eigenvalue weighted by Gasteiger charge is 2.24. The summed E-state index contributed by atoms with van der Waals surface area (Å²) in [4.78, 5) is 36.4. The van der Waals surface area contributed by atoms with Crippen LogP contribution in [0.4, 0.5) is 11.4 Å². The Balaban J connectivity index is 1.96. The van der Waals surface area contributed by atoms with E-state index in [4.69, 9.17) is 4.74 Å². The SMILES string of the molecule is C[C@H]1CCCC[C@@H]1NC(=O)COC(=O)c1ccc(N(C)C)c([N+](=O)[O-])c1. The summed E-state index contributed by atoms with van der Waals surface area (Å²) in [5, 5.41) is 14.1. The lowest BCUT2D eigenvalue weighted by Gasteiger charge is -2.29. The second-order valence-electron chi connectivity index (χ2n) is 6.87. The van der Waals surface area contributed by atoms with Gasteiger partial charge in [0.1, 0.15) is 5.69 Å². The van der Waals surface area contributed by atoms with Crippen molar-refractivity contribution in [1.82, 2.24) is 5.32 Å². The van der Waals surface area contributed by atoms with Crippen molar-refractivity contribution in [2.75, 3.05) is 25.6 Å². The Hall–Kier alpha value is -2.64. The molecule has 0 bridgehead atoms. The van der Waals surface area contributed by atoms with Crippen molar-refractivity contribution in [2.24, 2.45) is 5.92 Å². The summed E-state index contributed by atoms with van der Waals surface area (Å²) < 4.78 is 5.01. The van der Waals surface area contributed by atoms with Crippen LogP contribution >= 0.6 is 0 Å². The van der Waals surface area contributed by atoms with Gasteiger partial charge >= 0.3 is 5.97 Å². The molecule has 142 valence electrons. The molecule has 1 amide bonds. The Bertz CT molecular complexity index is 689. The van der Waals surface area contributed by atoms with Gasteiger partial charge in [0.05, 0.1) is 10.5 Å². The molecule has 0 radical (unpaired) electrons. The molecule has 0 aromatic heterocycles. The van der Waals surface area contributed by atoms with Crippen molar-refractivity contribution in [3.8, 4) is 0 Å². The number of hydrogen-bond acceptors (Lipinski definition) is 6. The van der Waals surface area contributed by atoms with Crippen LogP contribution in [-0.4, -0.2) is 43.5 Å². The van der Waals surface area contributed by atoms with Gasteiger partial charge in [-0.25, -0.2) is 4.79 Å². The number of nitrogens with one attached hydrogen (secondary N) is 1. The Labute approximate surface area is 152 Å². The number of anilines is 1. The van der Waals surface area contributed by atoms with E-state index < -0.39 is 17.5 Å². The molecule has 2 rings (SSSR count). The van der Waals surface area contributed by atoms with Crippen molar-refractivity contribution >= 4 is 23.3 Å². The second-order valence-corrected chi connectivity index (χ2v) is 6.87. The third-order valence-corrected chi connectivity index (χ3v) is 4.68. The molecule has 26 heavy (non-hydrogen) atoms. The molecule has 0 spiro atoms. The summed E-state index contributed by atoms with van der Waals surface area (Å²) in [6.45, 7) is 1.70. The Morgan fingerprint density at radius 2 is 2.00 bits per heavy atom. The number of amides is 1. The smallest absolute Gasteiger partial charge is 0.338 e. The molecule has 1 aromatic carbocycles. The van der Waals surface area contributed by atoms with E-state index in [1.54, 1.807) is 19.0 Å². The average molecular weight is 363 g/mol. The normalized spacial score (nSPS) is 19.5. The molecule has 0 saturated heterocycles. The zero-order valence-electron chi connectivity index (χ0n) is 15.4. The average Bonchev–Trinajstić information content (AvgIpc) is 2.61. The maximum absolute atomic E-state index is 12.1. The topological polar surface area (TPSA) is 102 Å². The largest absolute Gasteiger partial charge is 0.452 e. The van der Waals surface area contributed by atoms with E-state index in [2.05, 4.69) is 12.2 Å². The fourth-order valence-corrected chi connectivity index (χ4v) is 3.17. The number of carbonyl (C=O) groups is 2. The Kier molecular flexibility index (Phi) is 6.54. The van der Waals surface area contributed by atoms with E-state index in [0.717, 1.165) is 19.3 Å². The predicted octanol–water partition coefficient (Wildman–Crippen LogP) is 2.51. The number of hydrogen-bond donors (Lipinski definition) is 1. The third-order valence-electron chi connectivity index (χ3n) is 4.68. The van der Waals surface area contributed by atoms with Gasteiger partial charge < -0.3 is 15.0 Å². The van der Waals surface area contributed by atoms with Crippen molar-refractivity contribution in [3.05, 3.63) is 33.9 Å². The van der Waals surface area contributed by atoms with Crippen LogP contribution in [0, 0.1) is 16.0 Å². The summed E-state index contributed by atoms with van der Waals surface area (Å²) in [6.07, 6.45) is 4.26. The first-order valence-electron chi connectivity index (χ1n) is 8.72. The molecule has 0 heterocycles. The number of esters is 1. The zero-order chi connectivity index (χ0) is 19.3. The van der Waals surface area contributed by atoms with Crippen LogP contribution in [0.1, 0.15) is 43.0 Å². The first kappa shape index (κ1) is 19.7. The van der Waals surface area contributed by atoms with E-state index in [1.165, 1.54) is 24.6 Å². The Morgan fingerprint density at radius 1 is 1.31 bits per heavy atom. The minimum absolute atomic E-state index is 0.0427. The predicted molar refractivity (Wildman–Crippen MR) is 97.3 cm³/mol. The van der Waals surface area contributed by atoms with Gasteiger partial charge in [-0.1, -0.05) is 19.8 Å². The molecule has 2 atom stereocenters. The number of nitro groups is 1. The monoisotopic (exact) mass is 363 g/mol. The lowest BCUT2D eigenvalue weighted by molar-refractivity contribution is -0.384. The van der Waals surface area contributed by atoms with E-state index in [9.17, 15) is 19.7 Å². The number of nitrogens with zero attached hydrogens (tertiary/aromatic N) is 2. The summed E-state index contributed by atoms with van der Waals surface area (Å²) in [7, 11) is 3.36. The summed E-state index contributed by atoms with van der Waals surface area (Å²) >= 11 is 0. The number of nitro benzene ring substituents is 1. The van der Waals surface area contributed by atoms with Gasteiger partial charge in [-0.3, -0.25) is 14.9 Å². The maximum Gasteiger partial charge on any atom is 0.338 e. The minimum atomic E-state index is -0.759. The Morgan fingerprint density at radius 3 is 2.62 bits per heavy atom. The first-order chi connectivity index (χ1) is 12.3. The van der Waals surface area contributed by atoms with Crippen LogP contribution in [-0.2, 0) is 9.53 Å².